The van der Waals surface area contributed by atoms with E-state index >= 15 is 0 Å². The molecule has 0 bridgehead atoms. The van der Waals surface area contributed by atoms with Gasteiger partial charge in [-0.25, -0.2) is 4.79 Å². The van der Waals surface area contributed by atoms with E-state index in [-0.39, 0.29) is 5.97 Å². The van der Waals surface area contributed by atoms with Gasteiger partial charge in [-0.1, -0.05) is 42.5 Å². The average molecular weight is 272 g/mol. The van der Waals surface area contributed by atoms with E-state index in [1.807, 2.05) is 54.8 Å². The molecule has 0 aliphatic heterocycles. The van der Waals surface area contributed by atoms with Crippen LogP contribution in [0.25, 0.3) is 11.1 Å². The predicted octanol–water partition coefficient (Wildman–Crippen LogP) is 3.87. The molecule has 0 fully saturated rings. The zero-order chi connectivity index (χ0) is 13.5. The molecule has 0 saturated carbocycles. The molecule has 2 aromatic rings. The summed E-state index contributed by atoms with van der Waals surface area (Å²) in [5.74, 6) is 0.566. The maximum Gasteiger partial charge on any atom is 0.338 e. The fourth-order valence-electron chi connectivity index (χ4n) is 1.76. The maximum atomic E-state index is 11.9. The van der Waals surface area contributed by atoms with Crippen molar-refractivity contribution in [2.75, 3.05) is 18.6 Å². The Morgan fingerprint density at radius 2 is 1.79 bits per heavy atom. The van der Waals surface area contributed by atoms with Crippen LogP contribution in [0.4, 0.5) is 0 Å². The zero-order valence-electron chi connectivity index (χ0n) is 10.8. The molecule has 19 heavy (non-hydrogen) atoms. The van der Waals surface area contributed by atoms with Gasteiger partial charge in [-0.3, -0.25) is 0 Å². The van der Waals surface area contributed by atoms with Crippen LogP contribution in [0.1, 0.15) is 10.4 Å². The summed E-state index contributed by atoms with van der Waals surface area (Å²) in [6.45, 7) is 0.454. The van der Waals surface area contributed by atoms with Crippen molar-refractivity contribution in [2.24, 2.45) is 0 Å². The number of hydrogen-bond donors (Lipinski definition) is 0. The lowest BCUT2D eigenvalue weighted by Crippen LogP contribution is -2.07. The smallest absolute Gasteiger partial charge is 0.338 e. The third kappa shape index (κ3) is 3.86. The SMILES string of the molecule is CSCCOC(=O)c1cccc(-c2ccccc2)c1. The molecule has 0 heterocycles. The molecular formula is C16H16O2S. The number of benzene rings is 2. The Kier molecular flexibility index (Phi) is 5.04. The third-order valence-corrected chi connectivity index (χ3v) is 3.30. The monoisotopic (exact) mass is 272 g/mol. The summed E-state index contributed by atoms with van der Waals surface area (Å²) in [4.78, 5) is 11.9. The lowest BCUT2D eigenvalue weighted by atomic mass is 10.0. The molecule has 2 aromatic carbocycles. The Balaban J connectivity index is 2.13. The van der Waals surface area contributed by atoms with Gasteiger partial charge in [-0.2, -0.15) is 11.8 Å². The minimum atomic E-state index is -0.258. The number of carbonyl (C=O) groups excluding carboxylic acids is 1. The van der Waals surface area contributed by atoms with Crippen molar-refractivity contribution in [2.45, 2.75) is 0 Å². The number of hydrogen-bond acceptors (Lipinski definition) is 3. The summed E-state index contributed by atoms with van der Waals surface area (Å²) in [7, 11) is 0. The van der Waals surface area contributed by atoms with Crippen LogP contribution in [-0.2, 0) is 4.74 Å². The first kappa shape index (κ1) is 13.7. The molecule has 2 nitrogen and oxygen atoms in total. The second kappa shape index (κ2) is 7.00. The summed E-state index contributed by atoms with van der Waals surface area (Å²) in [5.41, 5.74) is 2.73. The standard InChI is InChI=1S/C16H16O2S/c1-19-11-10-18-16(17)15-9-5-8-14(12-15)13-6-3-2-4-7-13/h2-9,12H,10-11H2,1H3. The van der Waals surface area contributed by atoms with Gasteiger partial charge >= 0.3 is 5.97 Å². The van der Waals surface area contributed by atoms with E-state index in [1.54, 1.807) is 17.8 Å². The minimum Gasteiger partial charge on any atom is -0.461 e. The summed E-state index contributed by atoms with van der Waals surface area (Å²) < 4.78 is 5.20. The first-order valence-electron chi connectivity index (χ1n) is 6.13. The number of rotatable bonds is 5. The topological polar surface area (TPSA) is 26.3 Å². The van der Waals surface area contributed by atoms with Gasteiger partial charge in [-0.05, 0) is 29.5 Å². The van der Waals surface area contributed by atoms with Crippen molar-refractivity contribution in [1.29, 1.82) is 0 Å². The highest BCUT2D eigenvalue weighted by Crippen LogP contribution is 2.20. The maximum absolute atomic E-state index is 11.9. The van der Waals surface area contributed by atoms with Crippen LogP contribution in [0, 0.1) is 0 Å². The highest BCUT2D eigenvalue weighted by molar-refractivity contribution is 7.98. The molecule has 3 heteroatoms. The van der Waals surface area contributed by atoms with E-state index in [9.17, 15) is 4.79 Å². The van der Waals surface area contributed by atoms with Crippen molar-refractivity contribution >= 4 is 17.7 Å². The van der Waals surface area contributed by atoms with E-state index < -0.39 is 0 Å². The van der Waals surface area contributed by atoms with Crippen LogP contribution < -0.4 is 0 Å². The predicted molar refractivity (Wildman–Crippen MR) is 80.5 cm³/mol. The van der Waals surface area contributed by atoms with Crippen LogP contribution in [-0.4, -0.2) is 24.6 Å². The van der Waals surface area contributed by atoms with Crippen LogP contribution >= 0.6 is 11.8 Å². The molecule has 0 aromatic heterocycles. The van der Waals surface area contributed by atoms with Gasteiger partial charge in [0.15, 0.2) is 0 Å². The highest BCUT2D eigenvalue weighted by atomic mass is 32.2. The molecular weight excluding hydrogens is 256 g/mol. The minimum absolute atomic E-state index is 0.258. The molecule has 2 rings (SSSR count). The van der Waals surface area contributed by atoms with Crippen molar-refractivity contribution < 1.29 is 9.53 Å². The average Bonchev–Trinajstić information content (AvgIpc) is 2.48. The molecule has 0 atom stereocenters. The fraction of sp³-hybridized carbons (Fsp3) is 0.188. The quantitative estimate of drug-likeness (QED) is 0.610. The van der Waals surface area contributed by atoms with Crippen molar-refractivity contribution in [1.82, 2.24) is 0 Å². The fourth-order valence-corrected chi connectivity index (χ4v) is 2.01. The third-order valence-electron chi connectivity index (χ3n) is 2.73. The van der Waals surface area contributed by atoms with Crippen molar-refractivity contribution in [3.63, 3.8) is 0 Å². The molecule has 0 amide bonds. The van der Waals surface area contributed by atoms with Crippen molar-refractivity contribution in [3.05, 3.63) is 60.2 Å². The van der Waals surface area contributed by atoms with Crippen LogP contribution in [0.15, 0.2) is 54.6 Å². The van der Waals surface area contributed by atoms with E-state index in [0.29, 0.717) is 12.2 Å². The van der Waals surface area contributed by atoms with Gasteiger partial charge in [0.05, 0.1) is 5.56 Å². The molecule has 0 saturated heterocycles. The zero-order valence-corrected chi connectivity index (χ0v) is 11.7. The molecule has 0 aliphatic rings. The highest BCUT2D eigenvalue weighted by Gasteiger charge is 2.08. The van der Waals surface area contributed by atoms with Crippen LogP contribution in [0.3, 0.4) is 0 Å². The number of thioether (sulfide) groups is 1. The number of ether oxygens (including phenoxy) is 1. The second-order valence-electron chi connectivity index (χ2n) is 4.08. The Bertz CT molecular complexity index is 537. The molecule has 0 radical (unpaired) electrons. The molecule has 0 aliphatic carbocycles. The van der Waals surface area contributed by atoms with Gasteiger partial charge in [0, 0.05) is 5.75 Å². The molecule has 0 N–H and O–H groups in total. The van der Waals surface area contributed by atoms with Gasteiger partial charge in [-0.15, -0.1) is 0 Å². The normalized spacial score (nSPS) is 10.2. The van der Waals surface area contributed by atoms with Crippen molar-refractivity contribution in [3.8, 4) is 11.1 Å². The lowest BCUT2D eigenvalue weighted by molar-refractivity contribution is 0.0530. The van der Waals surface area contributed by atoms with E-state index in [1.165, 1.54) is 0 Å². The Morgan fingerprint density at radius 3 is 2.53 bits per heavy atom. The van der Waals surface area contributed by atoms with Crippen LogP contribution in [0.2, 0.25) is 0 Å². The van der Waals surface area contributed by atoms with E-state index in [2.05, 4.69) is 0 Å². The molecule has 0 spiro atoms. The molecule has 0 unspecified atom stereocenters. The van der Waals surface area contributed by atoms with Gasteiger partial charge < -0.3 is 4.74 Å². The molecule has 98 valence electrons. The van der Waals surface area contributed by atoms with E-state index in [0.717, 1.165) is 16.9 Å². The van der Waals surface area contributed by atoms with Gasteiger partial charge in [0.2, 0.25) is 0 Å². The first-order valence-corrected chi connectivity index (χ1v) is 7.52. The second-order valence-corrected chi connectivity index (χ2v) is 5.06. The number of carbonyl (C=O) groups is 1. The Labute approximate surface area is 117 Å². The largest absolute Gasteiger partial charge is 0.461 e. The van der Waals surface area contributed by atoms with E-state index in [4.69, 9.17) is 4.74 Å². The summed E-state index contributed by atoms with van der Waals surface area (Å²) >= 11 is 1.66. The summed E-state index contributed by atoms with van der Waals surface area (Å²) in [5, 5.41) is 0. The van der Waals surface area contributed by atoms with Gasteiger partial charge in [0.25, 0.3) is 0 Å². The lowest BCUT2D eigenvalue weighted by Gasteiger charge is -2.06. The summed E-state index contributed by atoms with van der Waals surface area (Å²) in [6, 6.07) is 17.5. The Hall–Kier alpha value is -1.74. The first-order chi connectivity index (χ1) is 9.31. The summed E-state index contributed by atoms with van der Waals surface area (Å²) in [6.07, 6.45) is 1.99. The van der Waals surface area contributed by atoms with Gasteiger partial charge in [0.1, 0.15) is 6.61 Å². The van der Waals surface area contributed by atoms with Crippen LogP contribution in [0.5, 0.6) is 0 Å². The number of esters is 1. The Morgan fingerprint density at radius 1 is 1.05 bits per heavy atom.